The van der Waals surface area contributed by atoms with Crippen molar-refractivity contribution < 1.29 is 18.9 Å². The van der Waals surface area contributed by atoms with Crippen LogP contribution in [0.4, 0.5) is 0 Å². The molecule has 0 radical (unpaired) electrons. The molecule has 0 aliphatic carbocycles. The van der Waals surface area contributed by atoms with Crippen LogP contribution in [0.5, 0.6) is 23.0 Å². The molecule has 0 fully saturated rings. The standard InChI is InChI=1S/C18H16BrNO4/c1-2-21-16-7-12(10-20)3-4-15(16)24-11-13-8-17-18(9-14(13)19)23-6-5-22-17/h3-4,7-9H,2,5-6,11H2,1H3. The van der Waals surface area contributed by atoms with E-state index in [0.717, 1.165) is 15.8 Å². The molecule has 0 amide bonds. The van der Waals surface area contributed by atoms with Gasteiger partial charge in [-0.05, 0) is 31.2 Å². The molecule has 1 aliphatic heterocycles. The van der Waals surface area contributed by atoms with Crippen LogP contribution in [0.3, 0.4) is 0 Å². The van der Waals surface area contributed by atoms with Crippen LogP contribution in [0.25, 0.3) is 0 Å². The zero-order chi connectivity index (χ0) is 16.9. The van der Waals surface area contributed by atoms with E-state index in [-0.39, 0.29) is 0 Å². The van der Waals surface area contributed by atoms with Crippen molar-refractivity contribution in [2.45, 2.75) is 13.5 Å². The van der Waals surface area contributed by atoms with Crippen LogP contribution in [0, 0.1) is 11.3 Å². The summed E-state index contributed by atoms with van der Waals surface area (Å²) in [5.41, 5.74) is 1.47. The van der Waals surface area contributed by atoms with Crippen molar-refractivity contribution in [3.05, 3.63) is 45.9 Å². The van der Waals surface area contributed by atoms with Gasteiger partial charge in [0.25, 0.3) is 0 Å². The summed E-state index contributed by atoms with van der Waals surface area (Å²) in [7, 11) is 0. The lowest BCUT2D eigenvalue weighted by atomic mass is 10.2. The SMILES string of the molecule is CCOc1cc(C#N)ccc1OCc1cc2c(cc1Br)OCCO2. The largest absolute Gasteiger partial charge is 0.490 e. The molecular formula is C18H16BrNO4. The predicted octanol–water partition coefficient (Wildman–Crippen LogP) is 4.07. The third kappa shape index (κ3) is 3.57. The first-order valence-corrected chi connectivity index (χ1v) is 8.38. The van der Waals surface area contributed by atoms with E-state index in [1.54, 1.807) is 18.2 Å². The van der Waals surface area contributed by atoms with E-state index in [4.69, 9.17) is 24.2 Å². The van der Waals surface area contributed by atoms with Gasteiger partial charge in [0.1, 0.15) is 19.8 Å². The molecule has 24 heavy (non-hydrogen) atoms. The number of nitrogens with zero attached hydrogens (tertiary/aromatic N) is 1. The van der Waals surface area contributed by atoms with Crippen LogP contribution in [-0.4, -0.2) is 19.8 Å². The molecule has 1 aliphatic rings. The second-order valence-corrected chi connectivity index (χ2v) is 5.94. The zero-order valence-corrected chi connectivity index (χ0v) is 14.8. The number of hydrogen-bond acceptors (Lipinski definition) is 5. The normalized spacial score (nSPS) is 12.4. The van der Waals surface area contributed by atoms with Gasteiger partial charge in [-0.3, -0.25) is 0 Å². The van der Waals surface area contributed by atoms with E-state index < -0.39 is 0 Å². The molecule has 0 saturated heterocycles. The summed E-state index contributed by atoms with van der Waals surface area (Å²) in [6.07, 6.45) is 0. The van der Waals surface area contributed by atoms with Gasteiger partial charge < -0.3 is 18.9 Å². The van der Waals surface area contributed by atoms with Gasteiger partial charge in [-0.15, -0.1) is 0 Å². The van der Waals surface area contributed by atoms with Crippen molar-refractivity contribution in [1.29, 1.82) is 5.26 Å². The van der Waals surface area contributed by atoms with Gasteiger partial charge in [-0.2, -0.15) is 5.26 Å². The third-order valence-electron chi connectivity index (χ3n) is 3.47. The Morgan fingerprint density at radius 1 is 1.08 bits per heavy atom. The van der Waals surface area contributed by atoms with E-state index in [9.17, 15) is 0 Å². The fourth-order valence-corrected chi connectivity index (χ4v) is 2.77. The molecule has 0 atom stereocenters. The lowest BCUT2D eigenvalue weighted by molar-refractivity contribution is 0.170. The lowest BCUT2D eigenvalue weighted by Crippen LogP contribution is -2.15. The second kappa shape index (κ2) is 7.45. The number of nitriles is 1. The number of ether oxygens (including phenoxy) is 4. The fourth-order valence-electron chi connectivity index (χ4n) is 2.34. The van der Waals surface area contributed by atoms with E-state index in [0.29, 0.717) is 49.2 Å². The third-order valence-corrected chi connectivity index (χ3v) is 4.21. The first-order valence-electron chi connectivity index (χ1n) is 7.59. The van der Waals surface area contributed by atoms with Gasteiger partial charge >= 0.3 is 0 Å². The Labute approximate surface area is 148 Å². The molecule has 0 unspecified atom stereocenters. The Balaban J connectivity index is 1.80. The molecule has 1 heterocycles. The molecule has 5 nitrogen and oxygen atoms in total. The molecule has 6 heteroatoms. The molecule has 3 rings (SSSR count). The minimum Gasteiger partial charge on any atom is -0.490 e. The molecule has 0 saturated carbocycles. The Morgan fingerprint density at radius 3 is 2.54 bits per heavy atom. The van der Waals surface area contributed by atoms with Gasteiger partial charge in [-0.25, -0.2) is 0 Å². The van der Waals surface area contributed by atoms with Gasteiger partial charge in [0.05, 0.1) is 18.2 Å². The molecule has 0 bridgehead atoms. The molecule has 0 spiro atoms. The monoisotopic (exact) mass is 389 g/mol. The summed E-state index contributed by atoms with van der Waals surface area (Å²) in [6.45, 7) is 3.82. The first-order chi connectivity index (χ1) is 11.7. The smallest absolute Gasteiger partial charge is 0.162 e. The highest BCUT2D eigenvalue weighted by Crippen LogP contribution is 2.36. The summed E-state index contributed by atoms with van der Waals surface area (Å²) < 4.78 is 23.5. The zero-order valence-electron chi connectivity index (χ0n) is 13.2. The Hall–Kier alpha value is -2.39. The molecule has 124 valence electrons. The quantitative estimate of drug-likeness (QED) is 0.770. The van der Waals surface area contributed by atoms with Crippen LogP contribution in [0.2, 0.25) is 0 Å². The summed E-state index contributed by atoms with van der Waals surface area (Å²) in [5, 5.41) is 9.00. The van der Waals surface area contributed by atoms with Crippen molar-refractivity contribution in [1.82, 2.24) is 0 Å². The maximum atomic E-state index is 9.00. The second-order valence-electron chi connectivity index (χ2n) is 5.08. The average molecular weight is 390 g/mol. The highest BCUT2D eigenvalue weighted by atomic mass is 79.9. The summed E-state index contributed by atoms with van der Waals surface area (Å²) >= 11 is 3.53. The van der Waals surface area contributed by atoms with E-state index >= 15 is 0 Å². The minimum absolute atomic E-state index is 0.337. The summed E-state index contributed by atoms with van der Waals surface area (Å²) in [6, 6.07) is 11.0. The van der Waals surface area contributed by atoms with Gasteiger partial charge in [-0.1, -0.05) is 15.9 Å². The topological polar surface area (TPSA) is 60.7 Å². The van der Waals surface area contributed by atoms with Crippen molar-refractivity contribution >= 4 is 15.9 Å². The van der Waals surface area contributed by atoms with Gasteiger partial charge in [0, 0.05) is 16.1 Å². The van der Waals surface area contributed by atoms with Crippen LogP contribution >= 0.6 is 15.9 Å². The lowest BCUT2D eigenvalue weighted by Gasteiger charge is -2.20. The Kier molecular flexibility index (Phi) is 5.11. The molecular weight excluding hydrogens is 374 g/mol. The first kappa shape index (κ1) is 16.5. The van der Waals surface area contributed by atoms with Crippen molar-refractivity contribution in [3.63, 3.8) is 0 Å². The number of benzene rings is 2. The van der Waals surface area contributed by atoms with Crippen molar-refractivity contribution in [2.75, 3.05) is 19.8 Å². The molecule has 0 aromatic heterocycles. The number of fused-ring (bicyclic) bond motifs is 1. The molecule has 2 aromatic rings. The number of rotatable bonds is 5. The fraction of sp³-hybridized carbons (Fsp3) is 0.278. The van der Waals surface area contributed by atoms with Crippen LogP contribution < -0.4 is 18.9 Å². The van der Waals surface area contributed by atoms with E-state index in [1.165, 1.54) is 0 Å². The highest BCUT2D eigenvalue weighted by molar-refractivity contribution is 9.10. The van der Waals surface area contributed by atoms with Gasteiger partial charge in [0.15, 0.2) is 23.0 Å². The van der Waals surface area contributed by atoms with Crippen LogP contribution in [0.1, 0.15) is 18.1 Å². The van der Waals surface area contributed by atoms with Crippen LogP contribution in [0.15, 0.2) is 34.8 Å². The summed E-state index contributed by atoms with van der Waals surface area (Å²) in [5.74, 6) is 2.60. The average Bonchev–Trinajstić information content (AvgIpc) is 2.61. The van der Waals surface area contributed by atoms with Crippen molar-refractivity contribution in [2.24, 2.45) is 0 Å². The highest BCUT2D eigenvalue weighted by Gasteiger charge is 2.16. The van der Waals surface area contributed by atoms with Crippen molar-refractivity contribution in [3.8, 4) is 29.1 Å². The van der Waals surface area contributed by atoms with Crippen LogP contribution in [-0.2, 0) is 6.61 Å². The number of hydrogen-bond donors (Lipinski definition) is 0. The maximum Gasteiger partial charge on any atom is 0.162 e. The van der Waals surface area contributed by atoms with E-state index in [1.807, 2.05) is 19.1 Å². The minimum atomic E-state index is 0.337. The maximum absolute atomic E-state index is 9.00. The Morgan fingerprint density at radius 2 is 1.83 bits per heavy atom. The van der Waals surface area contributed by atoms with Gasteiger partial charge in [0.2, 0.25) is 0 Å². The predicted molar refractivity (Wildman–Crippen MR) is 91.8 cm³/mol. The molecule has 2 aromatic carbocycles. The molecule has 0 N–H and O–H groups in total. The summed E-state index contributed by atoms with van der Waals surface area (Å²) in [4.78, 5) is 0. The van der Waals surface area contributed by atoms with E-state index in [2.05, 4.69) is 22.0 Å². The number of halogens is 1. The Bertz CT molecular complexity index is 785.